The number of aromatic carboxylic acids is 1. The van der Waals surface area contributed by atoms with Crippen LogP contribution < -0.4 is 5.32 Å². The standard InChI is InChI=1S/C12H15N3O3/c16-10(17)9-1-4-13-11(15-9)14-6-8-5-12(2-3-12)7-18-8/h1,4,8H,2-3,5-7H2,(H,16,17)(H,13,14,15). The second kappa shape index (κ2) is 4.20. The molecule has 6 nitrogen and oxygen atoms in total. The Kier molecular flexibility index (Phi) is 2.66. The van der Waals surface area contributed by atoms with Gasteiger partial charge in [0.1, 0.15) is 0 Å². The molecule has 0 radical (unpaired) electrons. The summed E-state index contributed by atoms with van der Waals surface area (Å²) < 4.78 is 5.70. The maximum Gasteiger partial charge on any atom is 0.354 e. The number of ether oxygens (including phenoxy) is 1. The lowest BCUT2D eigenvalue weighted by Crippen LogP contribution is -2.20. The van der Waals surface area contributed by atoms with Gasteiger partial charge in [-0.25, -0.2) is 14.8 Å². The molecule has 2 heterocycles. The van der Waals surface area contributed by atoms with Gasteiger partial charge in [-0.15, -0.1) is 0 Å². The molecule has 1 saturated heterocycles. The number of nitrogens with one attached hydrogen (secondary N) is 1. The molecule has 6 heteroatoms. The van der Waals surface area contributed by atoms with Gasteiger partial charge < -0.3 is 15.2 Å². The van der Waals surface area contributed by atoms with Gasteiger partial charge in [-0.05, 0) is 30.7 Å². The van der Waals surface area contributed by atoms with Gasteiger partial charge in [-0.1, -0.05) is 0 Å². The molecule has 96 valence electrons. The lowest BCUT2D eigenvalue weighted by atomic mass is 10.0. The summed E-state index contributed by atoms with van der Waals surface area (Å²) in [5.41, 5.74) is 0.453. The molecule has 18 heavy (non-hydrogen) atoms. The average molecular weight is 249 g/mol. The number of rotatable bonds is 4. The van der Waals surface area contributed by atoms with Crippen LogP contribution in [0.25, 0.3) is 0 Å². The number of carbonyl (C=O) groups is 1. The molecule has 2 N–H and O–H groups in total. The van der Waals surface area contributed by atoms with Crippen LogP contribution in [0.5, 0.6) is 0 Å². The van der Waals surface area contributed by atoms with Gasteiger partial charge in [0.25, 0.3) is 0 Å². The minimum atomic E-state index is -1.05. The Balaban J connectivity index is 1.56. The molecule has 3 rings (SSSR count). The van der Waals surface area contributed by atoms with E-state index >= 15 is 0 Å². The van der Waals surface area contributed by atoms with Gasteiger partial charge in [0.05, 0.1) is 12.7 Å². The first kappa shape index (κ1) is 11.4. The number of carboxylic acid groups (broad SMARTS) is 1. The van der Waals surface area contributed by atoms with Crippen molar-refractivity contribution in [2.24, 2.45) is 5.41 Å². The Bertz CT molecular complexity index is 473. The fourth-order valence-electron chi connectivity index (χ4n) is 2.32. The zero-order valence-corrected chi connectivity index (χ0v) is 9.93. The molecule has 1 aromatic heterocycles. The SMILES string of the molecule is O=C(O)c1ccnc(NCC2CC3(CC3)CO2)n1. The molecule has 0 amide bonds. The predicted octanol–water partition coefficient (Wildman–Crippen LogP) is 1.16. The molecule has 1 aromatic rings. The number of anilines is 1. The third kappa shape index (κ3) is 2.28. The summed E-state index contributed by atoms with van der Waals surface area (Å²) in [7, 11) is 0. The number of hydrogen-bond donors (Lipinski definition) is 2. The third-order valence-electron chi connectivity index (χ3n) is 3.61. The van der Waals surface area contributed by atoms with Crippen LogP contribution in [-0.4, -0.2) is 40.3 Å². The molecule has 1 aliphatic heterocycles. The highest BCUT2D eigenvalue weighted by molar-refractivity contribution is 5.85. The topological polar surface area (TPSA) is 84.3 Å². The molecular formula is C12H15N3O3. The average Bonchev–Trinajstić information content (AvgIpc) is 2.99. The molecule has 1 saturated carbocycles. The van der Waals surface area contributed by atoms with Gasteiger partial charge in [-0.2, -0.15) is 0 Å². The molecule has 2 fully saturated rings. The smallest absolute Gasteiger partial charge is 0.354 e. The van der Waals surface area contributed by atoms with E-state index in [4.69, 9.17) is 9.84 Å². The van der Waals surface area contributed by atoms with Crippen molar-refractivity contribution in [3.8, 4) is 0 Å². The van der Waals surface area contributed by atoms with Crippen LogP contribution in [0.15, 0.2) is 12.3 Å². The van der Waals surface area contributed by atoms with Crippen LogP contribution in [0.2, 0.25) is 0 Å². The lowest BCUT2D eigenvalue weighted by molar-refractivity contribution is 0.0690. The number of hydrogen-bond acceptors (Lipinski definition) is 5. The van der Waals surface area contributed by atoms with E-state index in [1.54, 1.807) is 0 Å². The van der Waals surface area contributed by atoms with Gasteiger partial charge in [0.15, 0.2) is 5.69 Å². The van der Waals surface area contributed by atoms with Crippen LogP contribution >= 0.6 is 0 Å². The van der Waals surface area contributed by atoms with Crippen LogP contribution in [0, 0.1) is 5.41 Å². The Hall–Kier alpha value is -1.69. The summed E-state index contributed by atoms with van der Waals surface area (Å²) in [4.78, 5) is 18.7. The second-order valence-corrected chi connectivity index (χ2v) is 5.09. The lowest BCUT2D eigenvalue weighted by Gasteiger charge is -2.10. The van der Waals surface area contributed by atoms with Crippen molar-refractivity contribution >= 4 is 11.9 Å². The minimum absolute atomic E-state index is 0.00139. The molecule has 1 aliphatic carbocycles. The van der Waals surface area contributed by atoms with Crippen molar-refractivity contribution in [3.63, 3.8) is 0 Å². The summed E-state index contributed by atoms with van der Waals surface area (Å²) in [5.74, 6) is -0.704. The van der Waals surface area contributed by atoms with Crippen molar-refractivity contribution in [3.05, 3.63) is 18.0 Å². The van der Waals surface area contributed by atoms with E-state index < -0.39 is 5.97 Å². The third-order valence-corrected chi connectivity index (χ3v) is 3.61. The maximum absolute atomic E-state index is 10.8. The molecular weight excluding hydrogens is 234 g/mol. The molecule has 1 unspecified atom stereocenters. The maximum atomic E-state index is 10.8. The molecule has 0 bridgehead atoms. The summed E-state index contributed by atoms with van der Waals surface area (Å²) >= 11 is 0. The molecule has 1 spiro atoms. The van der Waals surface area contributed by atoms with E-state index in [1.807, 2.05) is 0 Å². The fourth-order valence-corrected chi connectivity index (χ4v) is 2.32. The minimum Gasteiger partial charge on any atom is -0.477 e. The van der Waals surface area contributed by atoms with E-state index in [-0.39, 0.29) is 11.8 Å². The van der Waals surface area contributed by atoms with Crippen molar-refractivity contribution in [2.45, 2.75) is 25.4 Å². The van der Waals surface area contributed by atoms with Gasteiger partial charge >= 0.3 is 5.97 Å². The Morgan fingerprint density at radius 2 is 2.44 bits per heavy atom. The highest BCUT2D eigenvalue weighted by atomic mass is 16.5. The van der Waals surface area contributed by atoms with Gasteiger partial charge in [0, 0.05) is 12.7 Å². The highest BCUT2D eigenvalue weighted by Crippen LogP contribution is 2.53. The van der Waals surface area contributed by atoms with Crippen LogP contribution in [0.3, 0.4) is 0 Å². The number of aromatic nitrogens is 2. The summed E-state index contributed by atoms with van der Waals surface area (Å²) in [5, 5.41) is 11.9. The van der Waals surface area contributed by atoms with Crippen molar-refractivity contribution in [1.29, 1.82) is 0 Å². The summed E-state index contributed by atoms with van der Waals surface area (Å²) in [6.45, 7) is 1.49. The van der Waals surface area contributed by atoms with E-state index in [2.05, 4.69) is 15.3 Å². The second-order valence-electron chi connectivity index (χ2n) is 5.09. The molecule has 2 aliphatic rings. The number of carboxylic acids is 1. The zero-order valence-electron chi connectivity index (χ0n) is 9.93. The zero-order chi connectivity index (χ0) is 12.6. The van der Waals surface area contributed by atoms with Crippen molar-refractivity contribution < 1.29 is 14.6 Å². The van der Waals surface area contributed by atoms with Crippen LogP contribution in [0.1, 0.15) is 29.8 Å². The normalized spacial score (nSPS) is 24.1. The highest BCUT2D eigenvalue weighted by Gasteiger charge is 2.49. The van der Waals surface area contributed by atoms with Gasteiger partial charge in [-0.3, -0.25) is 0 Å². The van der Waals surface area contributed by atoms with E-state index in [0.29, 0.717) is 17.9 Å². The Morgan fingerprint density at radius 1 is 1.61 bits per heavy atom. The fraction of sp³-hybridized carbons (Fsp3) is 0.583. The first-order chi connectivity index (χ1) is 8.67. The Morgan fingerprint density at radius 3 is 3.11 bits per heavy atom. The first-order valence-corrected chi connectivity index (χ1v) is 6.09. The van der Waals surface area contributed by atoms with Crippen molar-refractivity contribution in [1.82, 2.24) is 9.97 Å². The predicted molar refractivity (Wildman–Crippen MR) is 63.5 cm³/mol. The number of nitrogens with zero attached hydrogens (tertiary/aromatic N) is 2. The largest absolute Gasteiger partial charge is 0.477 e. The quantitative estimate of drug-likeness (QED) is 0.832. The monoisotopic (exact) mass is 249 g/mol. The van der Waals surface area contributed by atoms with E-state index in [9.17, 15) is 4.79 Å². The van der Waals surface area contributed by atoms with Crippen molar-refractivity contribution in [2.75, 3.05) is 18.5 Å². The van der Waals surface area contributed by atoms with E-state index in [0.717, 1.165) is 13.0 Å². The van der Waals surface area contributed by atoms with Crippen LogP contribution in [-0.2, 0) is 4.74 Å². The molecule has 0 aromatic carbocycles. The summed E-state index contributed by atoms with van der Waals surface area (Å²) in [6, 6.07) is 1.37. The van der Waals surface area contributed by atoms with Gasteiger partial charge in [0.2, 0.25) is 5.95 Å². The Labute approximate surface area is 104 Å². The van der Waals surface area contributed by atoms with E-state index in [1.165, 1.54) is 25.1 Å². The summed E-state index contributed by atoms with van der Waals surface area (Å²) in [6.07, 6.45) is 5.25. The molecule has 1 atom stereocenters. The first-order valence-electron chi connectivity index (χ1n) is 6.09. The van der Waals surface area contributed by atoms with Crippen LogP contribution in [0.4, 0.5) is 5.95 Å².